The van der Waals surface area contributed by atoms with Gasteiger partial charge >= 0.3 is 6.18 Å². The molecule has 1 aromatic heterocycles. The summed E-state index contributed by atoms with van der Waals surface area (Å²) in [6, 6.07) is 3.40. The van der Waals surface area contributed by atoms with Gasteiger partial charge in [-0.1, -0.05) is 12.1 Å². The van der Waals surface area contributed by atoms with Gasteiger partial charge in [0.25, 0.3) is 0 Å². The molecule has 160 valence electrons. The van der Waals surface area contributed by atoms with Gasteiger partial charge < -0.3 is 5.11 Å². The molecule has 1 fully saturated rings. The summed E-state index contributed by atoms with van der Waals surface area (Å²) in [4.78, 5) is 0. The lowest BCUT2D eigenvalue weighted by molar-refractivity contribution is -0.137. The van der Waals surface area contributed by atoms with E-state index in [-0.39, 0.29) is 30.7 Å². The van der Waals surface area contributed by atoms with Crippen molar-refractivity contribution in [3.8, 4) is 0 Å². The van der Waals surface area contributed by atoms with Crippen LogP contribution < -0.4 is 5.32 Å². The second-order valence-electron chi connectivity index (χ2n) is 7.37. The molecule has 2 heterocycles. The van der Waals surface area contributed by atoms with Gasteiger partial charge in [0.1, 0.15) is 9.84 Å². The van der Waals surface area contributed by atoms with E-state index in [1.54, 1.807) is 6.20 Å². The standard InChI is InChI=1S/C18H21F4N3O3S/c1-29(27,28)7-6-25-11-12(10-23-25)15-8-17(26,9-16(19)24-15)13-2-4-14(5-3-13)18(20,21)22/h2-5,10-11,15-16,24,26H,6-9H2,1H3/t15-,16+,17?/m0/s1. The predicted molar refractivity (Wildman–Crippen MR) is 97.3 cm³/mol. The first-order valence-corrected chi connectivity index (χ1v) is 10.9. The lowest BCUT2D eigenvalue weighted by Gasteiger charge is -2.39. The summed E-state index contributed by atoms with van der Waals surface area (Å²) in [7, 11) is -3.17. The molecule has 1 aliphatic rings. The number of nitrogens with one attached hydrogen (secondary N) is 1. The Labute approximate surface area is 165 Å². The number of hydrogen-bond acceptors (Lipinski definition) is 5. The van der Waals surface area contributed by atoms with Gasteiger partial charge in [-0.15, -0.1) is 0 Å². The normalized spacial score (nSPS) is 25.9. The van der Waals surface area contributed by atoms with Crippen molar-refractivity contribution in [2.24, 2.45) is 0 Å². The Hall–Kier alpha value is -1.98. The molecule has 6 nitrogen and oxygen atoms in total. The summed E-state index contributed by atoms with van der Waals surface area (Å²) in [5.74, 6) is -0.104. The molecule has 0 spiro atoms. The Morgan fingerprint density at radius 1 is 1.28 bits per heavy atom. The van der Waals surface area contributed by atoms with Crippen molar-refractivity contribution < 1.29 is 31.1 Å². The van der Waals surface area contributed by atoms with Gasteiger partial charge in [0.2, 0.25) is 0 Å². The highest BCUT2D eigenvalue weighted by Crippen LogP contribution is 2.41. The second-order valence-corrected chi connectivity index (χ2v) is 9.63. The first-order chi connectivity index (χ1) is 13.4. The molecule has 1 aliphatic heterocycles. The number of piperidine rings is 1. The minimum Gasteiger partial charge on any atom is -0.385 e. The zero-order chi connectivity index (χ0) is 21.4. The smallest absolute Gasteiger partial charge is 0.385 e. The first-order valence-electron chi connectivity index (χ1n) is 8.86. The maximum Gasteiger partial charge on any atom is 0.416 e. The largest absolute Gasteiger partial charge is 0.416 e. The molecule has 0 saturated carbocycles. The van der Waals surface area contributed by atoms with Gasteiger partial charge in [0.15, 0.2) is 6.30 Å². The summed E-state index contributed by atoms with van der Waals surface area (Å²) < 4.78 is 76.6. The van der Waals surface area contributed by atoms with Crippen LogP contribution >= 0.6 is 0 Å². The fourth-order valence-electron chi connectivity index (χ4n) is 3.41. The van der Waals surface area contributed by atoms with Crippen molar-refractivity contribution in [3.05, 3.63) is 53.3 Å². The third-order valence-electron chi connectivity index (χ3n) is 4.94. The molecule has 29 heavy (non-hydrogen) atoms. The Bertz CT molecular complexity index is 959. The minimum atomic E-state index is -4.50. The van der Waals surface area contributed by atoms with Gasteiger partial charge in [0, 0.05) is 36.9 Å². The van der Waals surface area contributed by atoms with Gasteiger partial charge in [-0.05, 0) is 17.7 Å². The fraction of sp³-hybridized carbons (Fsp3) is 0.500. The monoisotopic (exact) mass is 435 g/mol. The Morgan fingerprint density at radius 2 is 1.93 bits per heavy atom. The van der Waals surface area contributed by atoms with Crippen LogP contribution in [0.3, 0.4) is 0 Å². The highest BCUT2D eigenvalue weighted by Gasteiger charge is 2.42. The van der Waals surface area contributed by atoms with Crippen LogP contribution in [0.5, 0.6) is 0 Å². The van der Waals surface area contributed by atoms with Crippen LogP contribution in [0.15, 0.2) is 36.7 Å². The van der Waals surface area contributed by atoms with E-state index in [2.05, 4.69) is 10.4 Å². The average molecular weight is 435 g/mol. The first kappa shape index (κ1) is 21.7. The third kappa shape index (κ3) is 5.34. The van der Waals surface area contributed by atoms with E-state index in [0.717, 1.165) is 30.5 Å². The lowest BCUT2D eigenvalue weighted by Crippen LogP contribution is -2.46. The van der Waals surface area contributed by atoms with E-state index in [1.807, 2.05) is 0 Å². The number of benzene rings is 1. The van der Waals surface area contributed by atoms with Gasteiger partial charge in [-0.3, -0.25) is 10.00 Å². The quantitative estimate of drug-likeness (QED) is 0.557. The summed E-state index contributed by atoms with van der Waals surface area (Å²) in [5, 5.41) is 17.7. The molecule has 3 atom stereocenters. The van der Waals surface area contributed by atoms with Crippen LogP contribution in [0, 0.1) is 0 Å². The molecular weight excluding hydrogens is 414 g/mol. The highest BCUT2D eigenvalue weighted by atomic mass is 32.2. The number of hydrogen-bond donors (Lipinski definition) is 2. The van der Waals surface area contributed by atoms with Gasteiger partial charge in [-0.2, -0.15) is 18.3 Å². The number of halogens is 4. The molecule has 0 radical (unpaired) electrons. The molecule has 1 aromatic carbocycles. The second kappa shape index (κ2) is 7.69. The van der Waals surface area contributed by atoms with Crippen LogP contribution in [0.4, 0.5) is 17.6 Å². The van der Waals surface area contributed by atoms with Crippen LogP contribution in [-0.2, 0) is 28.2 Å². The topological polar surface area (TPSA) is 84.2 Å². The SMILES string of the molecule is CS(=O)(=O)CCn1cc([C@@H]2CC(O)(c3ccc(C(F)(F)F)cc3)C[C@H](F)N2)cn1. The lowest BCUT2D eigenvalue weighted by atomic mass is 9.79. The van der Waals surface area contributed by atoms with Gasteiger partial charge in [-0.25, -0.2) is 12.8 Å². The van der Waals surface area contributed by atoms with Crippen molar-refractivity contribution in [1.29, 1.82) is 0 Å². The van der Waals surface area contributed by atoms with E-state index in [1.165, 1.54) is 10.9 Å². The fourth-order valence-corrected chi connectivity index (χ4v) is 3.93. The van der Waals surface area contributed by atoms with E-state index in [0.29, 0.717) is 5.56 Å². The van der Waals surface area contributed by atoms with Crippen molar-refractivity contribution >= 4 is 9.84 Å². The van der Waals surface area contributed by atoms with Gasteiger partial charge in [0.05, 0.1) is 29.7 Å². The minimum absolute atomic E-state index is 0.0244. The number of alkyl halides is 4. The third-order valence-corrected chi connectivity index (χ3v) is 5.86. The summed E-state index contributed by atoms with van der Waals surface area (Å²) >= 11 is 0. The van der Waals surface area contributed by atoms with Crippen LogP contribution in [0.2, 0.25) is 0 Å². The molecule has 3 rings (SSSR count). The molecule has 0 bridgehead atoms. The number of aryl methyl sites for hydroxylation is 1. The predicted octanol–water partition coefficient (Wildman–Crippen LogP) is 2.55. The zero-order valence-electron chi connectivity index (χ0n) is 15.5. The summed E-state index contributed by atoms with van der Waals surface area (Å²) in [5.41, 5.74) is -1.76. The molecule has 0 amide bonds. The van der Waals surface area contributed by atoms with Crippen molar-refractivity contribution in [2.45, 2.75) is 43.5 Å². The molecule has 1 unspecified atom stereocenters. The van der Waals surface area contributed by atoms with E-state index in [4.69, 9.17) is 0 Å². The highest BCUT2D eigenvalue weighted by molar-refractivity contribution is 7.90. The van der Waals surface area contributed by atoms with Crippen LogP contribution in [-0.4, -0.2) is 41.6 Å². The zero-order valence-corrected chi connectivity index (χ0v) is 16.3. The number of sulfone groups is 1. The molecule has 1 saturated heterocycles. The molecule has 2 N–H and O–H groups in total. The Balaban J connectivity index is 1.79. The van der Waals surface area contributed by atoms with Crippen LogP contribution in [0.25, 0.3) is 0 Å². The molecular formula is C18H21F4N3O3S. The van der Waals surface area contributed by atoms with Crippen molar-refractivity contribution in [3.63, 3.8) is 0 Å². The summed E-state index contributed by atoms with van der Waals surface area (Å²) in [6.07, 6.45) is -2.24. The van der Waals surface area contributed by atoms with Crippen LogP contribution in [0.1, 0.15) is 35.6 Å². The molecule has 2 aromatic rings. The Kier molecular flexibility index (Phi) is 5.76. The van der Waals surface area contributed by atoms with E-state index < -0.39 is 39.5 Å². The van der Waals surface area contributed by atoms with E-state index >= 15 is 0 Å². The maximum absolute atomic E-state index is 14.3. The number of nitrogens with zero attached hydrogens (tertiary/aromatic N) is 2. The molecule has 0 aliphatic carbocycles. The number of aromatic nitrogens is 2. The maximum atomic E-state index is 14.3. The summed E-state index contributed by atoms with van der Waals surface area (Å²) in [6.45, 7) is 0.133. The number of rotatable bonds is 5. The van der Waals surface area contributed by atoms with Crippen molar-refractivity contribution in [1.82, 2.24) is 15.1 Å². The van der Waals surface area contributed by atoms with E-state index in [9.17, 15) is 31.1 Å². The molecule has 11 heteroatoms. The average Bonchev–Trinajstić information content (AvgIpc) is 3.07. The van der Waals surface area contributed by atoms with Crippen molar-refractivity contribution in [2.75, 3.05) is 12.0 Å². The Morgan fingerprint density at radius 3 is 2.52 bits per heavy atom. The number of aliphatic hydroxyl groups is 1.